The predicted molar refractivity (Wildman–Crippen MR) is 57.0 cm³/mol. The van der Waals surface area contributed by atoms with Crippen molar-refractivity contribution in [1.82, 2.24) is 10.2 Å². The third-order valence-corrected chi connectivity index (χ3v) is 2.40. The lowest BCUT2D eigenvalue weighted by molar-refractivity contribution is -0.173. The van der Waals surface area contributed by atoms with Gasteiger partial charge in [0.25, 0.3) is 0 Å². The molecule has 1 N–H and O–H groups in total. The van der Waals surface area contributed by atoms with Gasteiger partial charge in [0.05, 0.1) is 19.3 Å². The molecule has 0 unspecified atom stereocenters. The van der Waals surface area contributed by atoms with Crippen molar-refractivity contribution >= 4 is 0 Å². The van der Waals surface area contributed by atoms with E-state index in [1.54, 1.807) is 0 Å². The molecule has 17 heavy (non-hydrogen) atoms. The standard InChI is InChI=1S/C10H19F3N2O2/c1-15-3-5-17-9(7-15)6-14-2-4-16-8-10(11,12)13/h9,14H,2-8H2,1H3/t9-/m1/s1. The molecule has 1 aliphatic heterocycles. The van der Waals surface area contributed by atoms with Crippen LogP contribution in [0.3, 0.4) is 0 Å². The summed E-state index contributed by atoms with van der Waals surface area (Å²) in [5.74, 6) is 0. The quantitative estimate of drug-likeness (QED) is 0.701. The van der Waals surface area contributed by atoms with Gasteiger partial charge in [-0.15, -0.1) is 0 Å². The van der Waals surface area contributed by atoms with E-state index in [-0.39, 0.29) is 12.7 Å². The van der Waals surface area contributed by atoms with Crippen molar-refractivity contribution in [3.8, 4) is 0 Å². The van der Waals surface area contributed by atoms with E-state index in [9.17, 15) is 13.2 Å². The fourth-order valence-electron chi connectivity index (χ4n) is 1.59. The van der Waals surface area contributed by atoms with Gasteiger partial charge in [0.1, 0.15) is 6.61 Å². The predicted octanol–water partition coefficient (Wildman–Crippen LogP) is 0.485. The maximum Gasteiger partial charge on any atom is 0.411 e. The zero-order chi connectivity index (χ0) is 12.7. The zero-order valence-corrected chi connectivity index (χ0v) is 9.92. The largest absolute Gasteiger partial charge is 0.411 e. The second-order valence-electron chi connectivity index (χ2n) is 4.13. The Morgan fingerprint density at radius 2 is 2.24 bits per heavy atom. The molecule has 0 aliphatic carbocycles. The summed E-state index contributed by atoms with van der Waals surface area (Å²) in [6, 6.07) is 0. The summed E-state index contributed by atoms with van der Waals surface area (Å²) in [4.78, 5) is 2.16. The Morgan fingerprint density at radius 3 is 2.88 bits per heavy atom. The fourth-order valence-corrected chi connectivity index (χ4v) is 1.59. The van der Waals surface area contributed by atoms with Crippen LogP contribution in [0, 0.1) is 0 Å². The van der Waals surface area contributed by atoms with Crippen molar-refractivity contribution < 1.29 is 22.6 Å². The number of hydrogen-bond donors (Lipinski definition) is 1. The Hall–Kier alpha value is -0.370. The lowest BCUT2D eigenvalue weighted by Gasteiger charge is -2.30. The van der Waals surface area contributed by atoms with Crippen molar-refractivity contribution in [1.29, 1.82) is 0 Å². The molecule has 0 aromatic rings. The van der Waals surface area contributed by atoms with Crippen LogP contribution in [0.5, 0.6) is 0 Å². The third-order valence-electron chi connectivity index (χ3n) is 2.40. The molecule has 7 heteroatoms. The molecule has 0 aromatic carbocycles. The van der Waals surface area contributed by atoms with Crippen molar-refractivity contribution in [2.24, 2.45) is 0 Å². The number of ether oxygens (including phenoxy) is 2. The molecule has 0 bridgehead atoms. The van der Waals surface area contributed by atoms with Gasteiger partial charge in [-0.2, -0.15) is 13.2 Å². The SMILES string of the molecule is CN1CCO[C@H](CNCCOCC(F)(F)F)C1. The van der Waals surface area contributed by atoms with Crippen molar-refractivity contribution in [3.63, 3.8) is 0 Å². The highest BCUT2D eigenvalue weighted by Crippen LogP contribution is 2.13. The van der Waals surface area contributed by atoms with E-state index >= 15 is 0 Å². The molecule has 0 radical (unpaired) electrons. The summed E-state index contributed by atoms with van der Waals surface area (Å²) < 4.78 is 45.1. The average Bonchev–Trinajstić information content (AvgIpc) is 2.22. The first-order valence-electron chi connectivity index (χ1n) is 5.63. The van der Waals surface area contributed by atoms with Crippen LogP contribution in [-0.4, -0.2) is 70.2 Å². The Kier molecular flexibility index (Phi) is 6.18. The Bertz CT molecular complexity index is 214. The molecule has 4 nitrogen and oxygen atoms in total. The van der Waals surface area contributed by atoms with Crippen LogP contribution in [0.2, 0.25) is 0 Å². The van der Waals surface area contributed by atoms with Crippen molar-refractivity contribution in [2.75, 3.05) is 53.0 Å². The molecule has 1 saturated heterocycles. The van der Waals surface area contributed by atoms with E-state index in [4.69, 9.17) is 4.74 Å². The van der Waals surface area contributed by atoms with E-state index in [1.165, 1.54) is 0 Å². The van der Waals surface area contributed by atoms with Gasteiger partial charge in [0.2, 0.25) is 0 Å². The fraction of sp³-hybridized carbons (Fsp3) is 1.00. The molecular formula is C10H19F3N2O2. The summed E-state index contributed by atoms with van der Waals surface area (Å²) in [5, 5.41) is 3.02. The van der Waals surface area contributed by atoms with Gasteiger partial charge in [-0.05, 0) is 7.05 Å². The van der Waals surface area contributed by atoms with Crippen LogP contribution in [-0.2, 0) is 9.47 Å². The topological polar surface area (TPSA) is 33.7 Å². The minimum Gasteiger partial charge on any atom is -0.374 e. The van der Waals surface area contributed by atoms with E-state index < -0.39 is 12.8 Å². The summed E-state index contributed by atoms with van der Waals surface area (Å²) in [6.07, 6.45) is -4.13. The molecule has 1 heterocycles. The second kappa shape index (κ2) is 7.15. The summed E-state index contributed by atoms with van der Waals surface area (Å²) in [6.45, 7) is 2.38. The smallest absolute Gasteiger partial charge is 0.374 e. The van der Waals surface area contributed by atoms with Gasteiger partial charge in [-0.1, -0.05) is 0 Å². The Morgan fingerprint density at radius 1 is 1.47 bits per heavy atom. The summed E-state index contributed by atoms with van der Waals surface area (Å²) >= 11 is 0. The molecule has 0 amide bonds. The molecule has 1 aliphatic rings. The monoisotopic (exact) mass is 256 g/mol. The normalized spacial score (nSPS) is 22.9. The first kappa shape index (κ1) is 14.7. The Balaban J connectivity index is 1.93. The minimum absolute atomic E-state index is 0.0576. The van der Waals surface area contributed by atoms with Gasteiger partial charge in [0, 0.05) is 26.2 Å². The van der Waals surface area contributed by atoms with Gasteiger partial charge in [0.15, 0.2) is 0 Å². The van der Waals surface area contributed by atoms with E-state index in [0.717, 1.165) is 13.1 Å². The van der Waals surface area contributed by atoms with Crippen LogP contribution in [0.25, 0.3) is 0 Å². The Labute approximate surface area is 99.1 Å². The minimum atomic E-state index is -4.24. The zero-order valence-electron chi connectivity index (χ0n) is 9.92. The number of alkyl halides is 3. The van der Waals surface area contributed by atoms with E-state index in [1.807, 2.05) is 7.05 Å². The van der Waals surface area contributed by atoms with Gasteiger partial charge < -0.3 is 19.7 Å². The third kappa shape index (κ3) is 7.54. The molecule has 0 aromatic heterocycles. The maximum atomic E-state index is 11.7. The highest BCUT2D eigenvalue weighted by Gasteiger charge is 2.27. The second-order valence-corrected chi connectivity index (χ2v) is 4.13. The van der Waals surface area contributed by atoms with Gasteiger partial charge >= 0.3 is 6.18 Å². The molecule has 1 rings (SSSR count). The maximum absolute atomic E-state index is 11.7. The lowest BCUT2D eigenvalue weighted by atomic mass is 10.3. The average molecular weight is 256 g/mol. The lowest BCUT2D eigenvalue weighted by Crippen LogP contribution is -2.45. The molecule has 0 spiro atoms. The van der Waals surface area contributed by atoms with Gasteiger partial charge in [-0.25, -0.2) is 0 Å². The number of rotatable bonds is 6. The number of nitrogens with one attached hydrogen (secondary N) is 1. The summed E-state index contributed by atoms with van der Waals surface area (Å²) in [7, 11) is 2.02. The molecule has 0 saturated carbocycles. The van der Waals surface area contributed by atoms with Crippen LogP contribution in [0.1, 0.15) is 0 Å². The highest BCUT2D eigenvalue weighted by atomic mass is 19.4. The van der Waals surface area contributed by atoms with Crippen LogP contribution in [0.4, 0.5) is 13.2 Å². The van der Waals surface area contributed by atoms with E-state index in [2.05, 4.69) is 15.0 Å². The molecule has 102 valence electrons. The first-order chi connectivity index (χ1) is 7.97. The summed E-state index contributed by atoms with van der Waals surface area (Å²) in [5.41, 5.74) is 0. The number of hydrogen-bond acceptors (Lipinski definition) is 4. The highest BCUT2D eigenvalue weighted by molar-refractivity contribution is 4.70. The van der Waals surface area contributed by atoms with Crippen molar-refractivity contribution in [3.05, 3.63) is 0 Å². The number of halogens is 3. The number of likely N-dealkylation sites (N-methyl/N-ethyl adjacent to an activating group) is 1. The number of morpholine rings is 1. The van der Waals surface area contributed by atoms with Crippen LogP contribution >= 0.6 is 0 Å². The van der Waals surface area contributed by atoms with Gasteiger partial charge in [-0.3, -0.25) is 0 Å². The molecule has 1 atom stereocenters. The molecule has 1 fully saturated rings. The van der Waals surface area contributed by atoms with Crippen LogP contribution < -0.4 is 5.32 Å². The molecular weight excluding hydrogens is 237 g/mol. The first-order valence-corrected chi connectivity index (χ1v) is 5.63. The van der Waals surface area contributed by atoms with E-state index in [0.29, 0.717) is 19.7 Å². The van der Waals surface area contributed by atoms with Crippen LogP contribution in [0.15, 0.2) is 0 Å². The number of nitrogens with zero attached hydrogens (tertiary/aromatic N) is 1. The van der Waals surface area contributed by atoms with Crippen molar-refractivity contribution in [2.45, 2.75) is 12.3 Å².